The number of benzene rings is 1. The second kappa shape index (κ2) is 4.23. The molecule has 0 radical (unpaired) electrons. The minimum absolute atomic E-state index is 0.123. The van der Waals surface area contributed by atoms with Crippen LogP contribution in [0.4, 0.5) is 0 Å². The van der Waals surface area contributed by atoms with Crippen LogP contribution in [0.3, 0.4) is 0 Å². The van der Waals surface area contributed by atoms with Gasteiger partial charge in [0.15, 0.2) is 4.77 Å². The van der Waals surface area contributed by atoms with Crippen molar-refractivity contribution in [3.63, 3.8) is 0 Å². The maximum absolute atomic E-state index is 11.5. The Balaban J connectivity index is 2.33. The molecule has 0 saturated carbocycles. The van der Waals surface area contributed by atoms with E-state index >= 15 is 0 Å². The molecule has 76 valence electrons. The Morgan fingerprint density at radius 1 is 1.20 bits per heavy atom. The van der Waals surface area contributed by atoms with Gasteiger partial charge in [0.25, 0.3) is 5.56 Å². The first-order chi connectivity index (χ1) is 7.25. The van der Waals surface area contributed by atoms with E-state index < -0.39 is 0 Å². The number of hydrogen-bond donors (Lipinski definition) is 2. The fourth-order valence-electron chi connectivity index (χ4n) is 1.38. The predicted molar refractivity (Wildman–Crippen MR) is 61.5 cm³/mol. The number of hydrogen-bond acceptors (Lipinski definition) is 2. The Morgan fingerprint density at radius 3 is 2.60 bits per heavy atom. The van der Waals surface area contributed by atoms with Crippen LogP contribution in [0.25, 0.3) is 0 Å². The summed E-state index contributed by atoms with van der Waals surface area (Å²) in [6, 6.07) is 9.83. The van der Waals surface area contributed by atoms with E-state index in [-0.39, 0.29) is 5.56 Å². The molecule has 4 heteroatoms. The lowest BCUT2D eigenvalue weighted by molar-refractivity contribution is 1.01. The van der Waals surface area contributed by atoms with E-state index in [9.17, 15) is 4.79 Å². The van der Waals surface area contributed by atoms with Crippen molar-refractivity contribution in [2.24, 2.45) is 0 Å². The lowest BCUT2D eigenvalue weighted by Crippen LogP contribution is -2.13. The molecule has 0 fully saturated rings. The normalized spacial score (nSPS) is 10.1. The van der Waals surface area contributed by atoms with Crippen molar-refractivity contribution >= 4 is 12.2 Å². The van der Waals surface area contributed by atoms with Crippen molar-refractivity contribution in [2.75, 3.05) is 0 Å². The molecule has 0 saturated heterocycles. The van der Waals surface area contributed by atoms with Gasteiger partial charge >= 0.3 is 0 Å². The molecule has 0 aliphatic carbocycles. The van der Waals surface area contributed by atoms with Gasteiger partial charge in [0.05, 0.1) is 0 Å². The van der Waals surface area contributed by atoms with Gasteiger partial charge in [-0.3, -0.25) is 9.78 Å². The smallest absolute Gasteiger partial charge is 0.255 e. The van der Waals surface area contributed by atoms with Crippen LogP contribution < -0.4 is 5.56 Å². The van der Waals surface area contributed by atoms with Crippen LogP contribution in [0.1, 0.15) is 11.1 Å². The van der Waals surface area contributed by atoms with Crippen molar-refractivity contribution in [1.82, 2.24) is 9.97 Å². The molecule has 0 spiro atoms. The van der Waals surface area contributed by atoms with E-state index in [4.69, 9.17) is 12.2 Å². The summed E-state index contributed by atoms with van der Waals surface area (Å²) in [4.78, 5) is 16.9. The molecule has 1 aromatic heterocycles. The van der Waals surface area contributed by atoms with Crippen molar-refractivity contribution in [2.45, 2.75) is 6.42 Å². The number of rotatable bonds is 2. The molecule has 3 nitrogen and oxygen atoms in total. The van der Waals surface area contributed by atoms with Crippen LogP contribution in [0, 0.1) is 4.77 Å². The van der Waals surface area contributed by atoms with Gasteiger partial charge in [-0.15, -0.1) is 0 Å². The zero-order valence-electron chi connectivity index (χ0n) is 7.99. The van der Waals surface area contributed by atoms with E-state index in [1.165, 1.54) is 0 Å². The highest BCUT2D eigenvalue weighted by Gasteiger charge is 2.00. The zero-order valence-corrected chi connectivity index (χ0v) is 8.80. The Morgan fingerprint density at radius 2 is 1.93 bits per heavy atom. The zero-order chi connectivity index (χ0) is 10.7. The Hall–Kier alpha value is -1.68. The van der Waals surface area contributed by atoms with Crippen molar-refractivity contribution < 1.29 is 0 Å². The van der Waals surface area contributed by atoms with Crippen LogP contribution in [-0.2, 0) is 6.42 Å². The highest BCUT2D eigenvalue weighted by Crippen LogP contribution is 2.03. The van der Waals surface area contributed by atoms with Gasteiger partial charge in [-0.05, 0) is 17.8 Å². The molecule has 0 aliphatic rings. The molecule has 1 aromatic carbocycles. The van der Waals surface area contributed by atoms with Gasteiger partial charge in [-0.25, -0.2) is 0 Å². The summed E-state index contributed by atoms with van der Waals surface area (Å²) in [7, 11) is 0. The van der Waals surface area contributed by atoms with Gasteiger partial charge in [-0.2, -0.15) is 0 Å². The standard InChI is InChI=1S/C11H10N2OS/c14-10-9(7-12-11(15)13-10)6-8-4-2-1-3-5-8/h1-5,7H,6H2,(H2,12,13,14,15). The highest BCUT2D eigenvalue weighted by atomic mass is 32.1. The summed E-state index contributed by atoms with van der Waals surface area (Å²) in [5, 5.41) is 0. The van der Waals surface area contributed by atoms with E-state index in [1.807, 2.05) is 30.3 Å². The van der Waals surface area contributed by atoms with E-state index in [1.54, 1.807) is 6.20 Å². The molecule has 15 heavy (non-hydrogen) atoms. The summed E-state index contributed by atoms with van der Waals surface area (Å²) in [5.74, 6) is 0. The van der Waals surface area contributed by atoms with Crippen LogP contribution in [0.15, 0.2) is 41.3 Å². The Kier molecular flexibility index (Phi) is 2.78. The minimum atomic E-state index is -0.123. The quantitative estimate of drug-likeness (QED) is 0.758. The second-order valence-electron chi connectivity index (χ2n) is 3.26. The number of aromatic nitrogens is 2. The van der Waals surface area contributed by atoms with Crippen molar-refractivity contribution in [3.8, 4) is 0 Å². The van der Waals surface area contributed by atoms with Gasteiger partial charge in [0.1, 0.15) is 0 Å². The summed E-state index contributed by atoms with van der Waals surface area (Å²) >= 11 is 4.81. The third-order valence-electron chi connectivity index (χ3n) is 2.13. The predicted octanol–water partition coefficient (Wildman–Crippen LogP) is 2.02. The first-order valence-electron chi connectivity index (χ1n) is 4.60. The number of nitrogens with one attached hydrogen (secondary N) is 2. The molecule has 2 N–H and O–H groups in total. The Bertz CT molecular complexity index is 557. The third kappa shape index (κ3) is 2.41. The number of aromatic amines is 2. The molecule has 0 bridgehead atoms. The average molecular weight is 218 g/mol. The molecule has 0 unspecified atom stereocenters. The average Bonchev–Trinajstić information content (AvgIpc) is 2.24. The summed E-state index contributed by atoms with van der Waals surface area (Å²) in [6.07, 6.45) is 2.27. The van der Waals surface area contributed by atoms with Gasteiger partial charge in [0.2, 0.25) is 0 Å². The topological polar surface area (TPSA) is 48.6 Å². The summed E-state index contributed by atoms with van der Waals surface area (Å²) < 4.78 is 0.358. The van der Waals surface area contributed by atoms with E-state index in [0.717, 1.165) is 5.56 Å². The van der Waals surface area contributed by atoms with Gasteiger partial charge in [0, 0.05) is 18.2 Å². The van der Waals surface area contributed by atoms with Gasteiger partial charge < -0.3 is 4.98 Å². The summed E-state index contributed by atoms with van der Waals surface area (Å²) in [5.41, 5.74) is 1.67. The van der Waals surface area contributed by atoms with Crippen molar-refractivity contribution in [3.05, 3.63) is 62.8 Å². The molecule has 2 rings (SSSR count). The maximum atomic E-state index is 11.5. The van der Waals surface area contributed by atoms with Crippen LogP contribution in [-0.4, -0.2) is 9.97 Å². The molecular weight excluding hydrogens is 208 g/mol. The SMILES string of the molecule is O=c1[nH]c(=S)[nH]cc1Cc1ccccc1. The van der Waals surface area contributed by atoms with Gasteiger partial charge in [-0.1, -0.05) is 30.3 Å². The summed E-state index contributed by atoms with van der Waals surface area (Å²) in [6.45, 7) is 0. The molecular formula is C11H10N2OS. The maximum Gasteiger partial charge on any atom is 0.255 e. The molecule has 0 atom stereocenters. The minimum Gasteiger partial charge on any atom is -0.338 e. The number of H-pyrrole nitrogens is 2. The third-order valence-corrected chi connectivity index (χ3v) is 2.35. The Labute approximate surface area is 91.8 Å². The lowest BCUT2D eigenvalue weighted by atomic mass is 10.1. The lowest BCUT2D eigenvalue weighted by Gasteiger charge is -1.99. The van der Waals surface area contributed by atoms with E-state index in [0.29, 0.717) is 16.8 Å². The van der Waals surface area contributed by atoms with Crippen LogP contribution >= 0.6 is 12.2 Å². The van der Waals surface area contributed by atoms with Crippen molar-refractivity contribution in [1.29, 1.82) is 0 Å². The fraction of sp³-hybridized carbons (Fsp3) is 0.0909. The molecule has 2 aromatic rings. The fourth-order valence-corrected chi connectivity index (χ4v) is 1.54. The molecule has 0 aliphatic heterocycles. The van der Waals surface area contributed by atoms with Crippen LogP contribution in [0.5, 0.6) is 0 Å². The monoisotopic (exact) mass is 218 g/mol. The first kappa shape index (κ1) is 9.86. The van der Waals surface area contributed by atoms with Crippen LogP contribution in [0.2, 0.25) is 0 Å². The second-order valence-corrected chi connectivity index (χ2v) is 3.67. The van der Waals surface area contributed by atoms with E-state index in [2.05, 4.69) is 9.97 Å². The highest BCUT2D eigenvalue weighted by molar-refractivity contribution is 7.71. The molecule has 0 amide bonds. The largest absolute Gasteiger partial charge is 0.338 e. The molecule has 1 heterocycles. The first-order valence-corrected chi connectivity index (χ1v) is 5.01.